The van der Waals surface area contributed by atoms with Gasteiger partial charge in [-0.1, -0.05) is 24.3 Å². The number of nitrogens with one attached hydrogen (secondary N) is 1. The first-order valence-electron chi connectivity index (χ1n) is 8.22. The van der Waals surface area contributed by atoms with Gasteiger partial charge in [0.25, 0.3) is 0 Å². The number of ether oxygens (including phenoxy) is 1. The van der Waals surface area contributed by atoms with Crippen LogP contribution in [0.15, 0.2) is 35.8 Å². The number of aryl methyl sites for hydroxylation is 1. The molecule has 128 valence electrons. The van der Waals surface area contributed by atoms with Gasteiger partial charge in [-0.05, 0) is 25.0 Å². The zero-order valence-electron chi connectivity index (χ0n) is 14.1. The van der Waals surface area contributed by atoms with Gasteiger partial charge < -0.3 is 10.1 Å². The highest BCUT2D eigenvalue weighted by Gasteiger charge is 2.29. The fourth-order valence-electron chi connectivity index (χ4n) is 2.87. The van der Waals surface area contributed by atoms with E-state index in [9.17, 15) is 4.79 Å². The SMILES string of the molecule is Cc1ccccc1CNC(=O)[C@H](C)N1CCO[C@H](c2nccs2)C1. The highest BCUT2D eigenvalue weighted by molar-refractivity contribution is 7.09. The number of carbonyl (C=O) groups is 1. The molecule has 1 aliphatic rings. The number of morpholine rings is 1. The summed E-state index contributed by atoms with van der Waals surface area (Å²) in [5.41, 5.74) is 2.35. The van der Waals surface area contributed by atoms with Gasteiger partial charge in [-0.3, -0.25) is 9.69 Å². The molecule has 3 rings (SSSR count). The summed E-state index contributed by atoms with van der Waals surface area (Å²) in [6.45, 7) is 6.67. The highest BCUT2D eigenvalue weighted by Crippen LogP contribution is 2.24. The summed E-state index contributed by atoms with van der Waals surface area (Å²) in [4.78, 5) is 19.0. The summed E-state index contributed by atoms with van der Waals surface area (Å²) in [6, 6.07) is 7.94. The van der Waals surface area contributed by atoms with Gasteiger partial charge in [-0.2, -0.15) is 0 Å². The zero-order chi connectivity index (χ0) is 16.9. The van der Waals surface area contributed by atoms with Crippen LogP contribution < -0.4 is 5.32 Å². The van der Waals surface area contributed by atoms with Gasteiger partial charge in [-0.25, -0.2) is 4.98 Å². The van der Waals surface area contributed by atoms with Crippen molar-refractivity contribution in [1.82, 2.24) is 15.2 Å². The summed E-state index contributed by atoms with van der Waals surface area (Å²) >= 11 is 1.60. The number of nitrogens with zero attached hydrogens (tertiary/aromatic N) is 2. The Morgan fingerprint density at radius 1 is 1.50 bits per heavy atom. The van der Waals surface area contributed by atoms with Crippen LogP contribution in [0, 0.1) is 6.92 Å². The molecule has 1 aromatic carbocycles. The van der Waals surface area contributed by atoms with Crippen molar-refractivity contribution in [2.45, 2.75) is 32.5 Å². The summed E-state index contributed by atoms with van der Waals surface area (Å²) in [7, 11) is 0. The average Bonchev–Trinajstić information content (AvgIpc) is 3.15. The van der Waals surface area contributed by atoms with Crippen molar-refractivity contribution in [3.8, 4) is 0 Å². The van der Waals surface area contributed by atoms with Crippen LogP contribution in [-0.4, -0.2) is 41.5 Å². The maximum atomic E-state index is 12.5. The lowest BCUT2D eigenvalue weighted by Crippen LogP contribution is -2.50. The Hall–Kier alpha value is -1.76. The minimum atomic E-state index is -0.180. The second-order valence-corrected chi connectivity index (χ2v) is 6.97. The Morgan fingerprint density at radius 2 is 2.33 bits per heavy atom. The predicted octanol–water partition coefficient (Wildman–Crippen LogP) is 2.53. The predicted molar refractivity (Wildman–Crippen MR) is 94.9 cm³/mol. The topological polar surface area (TPSA) is 54.5 Å². The molecule has 0 aliphatic carbocycles. The van der Waals surface area contributed by atoms with Crippen LogP contribution in [0.1, 0.15) is 29.2 Å². The first-order chi connectivity index (χ1) is 11.6. The van der Waals surface area contributed by atoms with Crippen molar-refractivity contribution in [2.75, 3.05) is 19.7 Å². The molecule has 1 saturated heterocycles. The lowest BCUT2D eigenvalue weighted by atomic mass is 10.1. The molecule has 1 aromatic heterocycles. The van der Waals surface area contributed by atoms with Gasteiger partial charge in [0.2, 0.25) is 5.91 Å². The monoisotopic (exact) mass is 345 g/mol. The maximum absolute atomic E-state index is 12.5. The van der Waals surface area contributed by atoms with E-state index in [2.05, 4.69) is 28.2 Å². The van der Waals surface area contributed by atoms with Crippen LogP contribution >= 0.6 is 11.3 Å². The van der Waals surface area contributed by atoms with E-state index in [0.29, 0.717) is 19.7 Å². The third kappa shape index (κ3) is 4.01. The van der Waals surface area contributed by atoms with Gasteiger partial charge in [0.1, 0.15) is 11.1 Å². The van der Waals surface area contributed by atoms with Crippen molar-refractivity contribution >= 4 is 17.2 Å². The molecule has 2 heterocycles. The summed E-state index contributed by atoms with van der Waals surface area (Å²) < 4.78 is 5.80. The van der Waals surface area contributed by atoms with Gasteiger partial charge in [-0.15, -0.1) is 11.3 Å². The van der Waals surface area contributed by atoms with E-state index >= 15 is 0 Å². The Kier molecular flexibility index (Phi) is 5.60. The lowest BCUT2D eigenvalue weighted by Gasteiger charge is -2.35. The molecule has 2 aromatic rings. The number of hydrogen-bond donors (Lipinski definition) is 1. The second-order valence-electron chi connectivity index (χ2n) is 6.04. The Morgan fingerprint density at radius 3 is 3.08 bits per heavy atom. The number of carbonyl (C=O) groups excluding carboxylic acids is 1. The van der Waals surface area contributed by atoms with Gasteiger partial charge in [0.15, 0.2) is 0 Å². The Labute approximate surface area is 146 Å². The molecule has 0 unspecified atom stereocenters. The highest BCUT2D eigenvalue weighted by atomic mass is 32.1. The average molecular weight is 345 g/mol. The number of aromatic nitrogens is 1. The van der Waals surface area contributed by atoms with E-state index in [0.717, 1.165) is 17.1 Å². The summed E-state index contributed by atoms with van der Waals surface area (Å²) in [5.74, 6) is 0.0537. The van der Waals surface area contributed by atoms with Crippen molar-refractivity contribution < 1.29 is 9.53 Å². The smallest absolute Gasteiger partial charge is 0.237 e. The second kappa shape index (κ2) is 7.88. The molecule has 5 nitrogen and oxygen atoms in total. The number of rotatable bonds is 5. The molecule has 24 heavy (non-hydrogen) atoms. The van der Waals surface area contributed by atoms with E-state index in [1.165, 1.54) is 5.56 Å². The van der Waals surface area contributed by atoms with Crippen LogP contribution in [-0.2, 0) is 16.1 Å². The Balaban J connectivity index is 1.56. The molecule has 0 spiro atoms. The summed E-state index contributed by atoms with van der Waals surface area (Å²) in [6.07, 6.45) is 1.76. The molecule has 0 bridgehead atoms. The number of hydrogen-bond acceptors (Lipinski definition) is 5. The first kappa shape index (κ1) is 17.1. The minimum Gasteiger partial charge on any atom is -0.368 e. The third-order valence-corrected chi connectivity index (χ3v) is 5.33. The van der Waals surface area contributed by atoms with E-state index < -0.39 is 0 Å². The standard InChI is InChI=1S/C18H23N3O2S/c1-13-5-3-4-6-15(13)11-20-17(22)14(2)21-8-9-23-16(12-21)18-19-7-10-24-18/h3-7,10,14,16H,8-9,11-12H2,1-2H3,(H,20,22)/t14-,16-/m0/s1. The minimum absolute atomic E-state index is 0.0367. The number of thiazole rings is 1. The molecule has 1 aliphatic heterocycles. The summed E-state index contributed by atoms with van der Waals surface area (Å²) in [5, 5.41) is 5.99. The lowest BCUT2D eigenvalue weighted by molar-refractivity contribution is -0.129. The van der Waals surface area contributed by atoms with E-state index in [1.54, 1.807) is 17.5 Å². The van der Waals surface area contributed by atoms with Gasteiger partial charge in [0.05, 0.1) is 12.6 Å². The van der Waals surface area contributed by atoms with E-state index in [-0.39, 0.29) is 18.1 Å². The molecular weight excluding hydrogens is 322 g/mol. The van der Waals surface area contributed by atoms with Gasteiger partial charge >= 0.3 is 0 Å². The molecule has 1 N–H and O–H groups in total. The fourth-order valence-corrected chi connectivity index (χ4v) is 3.55. The molecular formula is C18H23N3O2S. The molecule has 0 radical (unpaired) electrons. The quantitative estimate of drug-likeness (QED) is 0.905. The first-order valence-corrected chi connectivity index (χ1v) is 9.10. The molecule has 6 heteroatoms. The molecule has 1 fully saturated rings. The zero-order valence-corrected chi connectivity index (χ0v) is 14.9. The van der Waals surface area contributed by atoms with Gasteiger partial charge in [0, 0.05) is 31.2 Å². The number of benzene rings is 1. The van der Waals surface area contributed by atoms with E-state index in [1.807, 2.05) is 30.5 Å². The van der Waals surface area contributed by atoms with Crippen molar-refractivity contribution in [3.05, 3.63) is 52.0 Å². The molecule has 1 amide bonds. The van der Waals surface area contributed by atoms with Crippen LogP contribution in [0.5, 0.6) is 0 Å². The van der Waals surface area contributed by atoms with E-state index in [4.69, 9.17) is 4.74 Å². The van der Waals surface area contributed by atoms with Crippen LogP contribution in [0.4, 0.5) is 0 Å². The van der Waals surface area contributed by atoms with Crippen molar-refractivity contribution in [3.63, 3.8) is 0 Å². The van der Waals surface area contributed by atoms with Crippen LogP contribution in [0.25, 0.3) is 0 Å². The maximum Gasteiger partial charge on any atom is 0.237 e. The van der Waals surface area contributed by atoms with Crippen molar-refractivity contribution in [2.24, 2.45) is 0 Å². The molecule has 2 atom stereocenters. The van der Waals surface area contributed by atoms with Crippen LogP contribution in [0.2, 0.25) is 0 Å². The molecule has 0 saturated carbocycles. The normalized spacial score (nSPS) is 19.8. The number of amides is 1. The van der Waals surface area contributed by atoms with Crippen molar-refractivity contribution in [1.29, 1.82) is 0 Å². The Bertz CT molecular complexity index is 675. The van der Waals surface area contributed by atoms with Crippen LogP contribution in [0.3, 0.4) is 0 Å². The third-order valence-electron chi connectivity index (χ3n) is 4.47. The fraction of sp³-hybridized carbons (Fsp3) is 0.444. The largest absolute Gasteiger partial charge is 0.368 e.